The zero-order valence-corrected chi connectivity index (χ0v) is 15.1. The van der Waals surface area contributed by atoms with Crippen molar-refractivity contribution in [3.8, 4) is 0 Å². The Bertz CT molecular complexity index is 674. The summed E-state index contributed by atoms with van der Waals surface area (Å²) in [7, 11) is -2.55. The molecule has 1 aliphatic carbocycles. The number of hydrogen-bond acceptors (Lipinski definition) is 2. The monoisotopic (exact) mass is 348 g/mol. The van der Waals surface area contributed by atoms with Gasteiger partial charge in [0.15, 0.2) is 0 Å². The van der Waals surface area contributed by atoms with E-state index >= 15 is 0 Å². The van der Waals surface area contributed by atoms with E-state index in [0.717, 1.165) is 10.3 Å². The van der Waals surface area contributed by atoms with E-state index in [1.807, 2.05) is 56.3 Å². The van der Waals surface area contributed by atoms with E-state index in [1.54, 1.807) is 0 Å². The lowest BCUT2D eigenvalue weighted by molar-refractivity contribution is 0.341. The van der Waals surface area contributed by atoms with Gasteiger partial charge in [-0.3, -0.25) is 4.57 Å². The predicted molar refractivity (Wildman–Crippen MR) is 99.2 cm³/mol. The number of rotatable bonds is 5. The van der Waals surface area contributed by atoms with Crippen molar-refractivity contribution in [1.29, 1.82) is 0 Å². The highest BCUT2D eigenvalue weighted by molar-refractivity contribution is 7.66. The highest BCUT2D eigenvalue weighted by Gasteiger charge is 2.21. The van der Waals surface area contributed by atoms with Crippen molar-refractivity contribution >= 4 is 24.3 Å². The van der Waals surface area contributed by atoms with Crippen LogP contribution in [0.4, 0.5) is 0 Å². The Kier molecular flexibility index (Phi) is 6.65. The van der Waals surface area contributed by atoms with Gasteiger partial charge in [-0.15, -0.1) is 0 Å². The van der Waals surface area contributed by atoms with Crippen LogP contribution in [0.15, 0.2) is 66.7 Å². The molecule has 2 nitrogen and oxygen atoms in total. The van der Waals surface area contributed by atoms with Gasteiger partial charge in [0.25, 0.3) is 0 Å². The standard InChI is InChI=1S/C10H15O2P.C9H7Cl/c1-3-12-13(11,4-2)10-8-6-5-7-9-10;10-9-5-3-8(4-6-9)7-1-2-7/h5-9H,3-4H2,1-2H3;1-7H. The largest absolute Gasteiger partial charge is 0.326 e. The molecule has 3 rings (SSSR count). The minimum absolute atomic E-state index is 0.500. The molecule has 0 aromatic heterocycles. The first kappa shape index (κ1) is 18.0. The van der Waals surface area contributed by atoms with E-state index in [-0.39, 0.29) is 0 Å². The second kappa shape index (κ2) is 8.49. The summed E-state index contributed by atoms with van der Waals surface area (Å²) in [4.78, 5) is 0. The molecular formula is C19H22ClO2P. The smallest absolute Gasteiger partial charge is 0.231 e. The molecule has 1 unspecified atom stereocenters. The minimum Gasteiger partial charge on any atom is -0.326 e. The number of hydrogen-bond donors (Lipinski definition) is 0. The van der Waals surface area contributed by atoms with Gasteiger partial charge < -0.3 is 4.52 Å². The maximum atomic E-state index is 12.2. The van der Waals surface area contributed by atoms with Crippen molar-refractivity contribution in [2.75, 3.05) is 12.8 Å². The predicted octanol–water partition coefficient (Wildman–Crippen LogP) is 5.64. The van der Waals surface area contributed by atoms with Crippen LogP contribution >= 0.6 is 19.0 Å². The summed E-state index contributed by atoms with van der Waals surface area (Å²) in [5.74, 6) is 0.595. The van der Waals surface area contributed by atoms with E-state index in [1.165, 1.54) is 5.56 Å². The van der Waals surface area contributed by atoms with Gasteiger partial charge in [-0.05, 0) is 36.8 Å². The summed E-state index contributed by atoms with van der Waals surface area (Å²) in [5, 5.41) is 1.63. The van der Waals surface area contributed by atoms with Crippen LogP contribution in [0.5, 0.6) is 0 Å². The third-order valence-electron chi connectivity index (χ3n) is 3.54. The highest BCUT2D eigenvalue weighted by atomic mass is 35.5. The van der Waals surface area contributed by atoms with Crippen LogP contribution in [0, 0.1) is 0 Å². The second-order valence-electron chi connectivity index (χ2n) is 5.21. The Hall–Kier alpha value is -1.34. The van der Waals surface area contributed by atoms with E-state index in [0.29, 0.717) is 18.7 Å². The molecule has 0 amide bonds. The fraction of sp³-hybridized carbons (Fsp3) is 0.263. The van der Waals surface area contributed by atoms with Gasteiger partial charge in [0.2, 0.25) is 7.37 Å². The molecule has 0 bridgehead atoms. The quantitative estimate of drug-likeness (QED) is 0.516. The second-order valence-corrected chi connectivity index (χ2v) is 8.40. The Morgan fingerprint density at radius 3 is 2.09 bits per heavy atom. The topological polar surface area (TPSA) is 26.3 Å². The molecule has 0 N–H and O–H groups in total. The molecule has 1 atom stereocenters. The SMILES string of the molecule is CCOP(=O)(CC)c1ccccc1.Clc1ccc(C2C=C2)cc1. The molecular weight excluding hydrogens is 327 g/mol. The Morgan fingerprint density at radius 2 is 1.61 bits per heavy atom. The first-order valence-electron chi connectivity index (χ1n) is 7.82. The maximum Gasteiger partial charge on any atom is 0.231 e. The third-order valence-corrected chi connectivity index (χ3v) is 6.39. The van der Waals surface area contributed by atoms with Crippen molar-refractivity contribution in [2.24, 2.45) is 0 Å². The first-order valence-corrected chi connectivity index (χ1v) is 10.0. The molecule has 0 aliphatic heterocycles. The summed E-state index contributed by atoms with van der Waals surface area (Å²) < 4.78 is 17.5. The summed E-state index contributed by atoms with van der Waals surface area (Å²) in [6, 6.07) is 17.4. The van der Waals surface area contributed by atoms with E-state index in [4.69, 9.17) is 16.1 Å². The lowest BCUT2D eigenvalue weighted by Crippen LogP contribution is -2.08. The fourth-order valence-electron chi connectivity index (χ4n) is 2.17. The van der Waals surface area contributed by atoms with Crippen molar-refractivity contribution in [1.82, 2.24) is 0 Å². The van der Waals surface area contributed by atoms with Gasteiger partial charge in [0, 0.05) is 22.4 Å². The van der Waals surface area contributed by atoms with Crippen LogP contribution in [0.25, 0.3) is 0 Å². The van der Waals surface area contributed by atoms with Crippen LogP contribution in [-0.4, -0.2) is 12.8 Å². The van der Waals surface area contributed by atoms with Crippen molar-refractivity contribution in [3.63, 3.8) is 0 Å². The zero-order chi connectivity index (χ0) is 16.7. The Balaban J connectivity index is 0.000000172. The van der Waals surface area contributed by atoms with E-state index < -0.39 is 7.37 Å². The number of benzene rings is 2. The summed E-state index contributed by atoms with van der Waals surface area (Å²) in [5.41, 5.74) is 1.34. The summed E-state index contributed by atoms with van der Waals surface area (Å²) in [6.45, 7) is 4.26. The molecule has 1 aliphatic rings. The van der Waals surface area contributed by atoms with Gasteiger partial charge in [-0.25, -0.2) is 0 Å². The average Bonchev–Trinajstić information content (AvgIpc) is 3.42. The number of halogens is 1. The van der Waals surface area contributed by atoms with Gasteiger partial charge in [0.05, 0.1) is 6.61 Å². The van der Waals surface area contributed by atoms with Gasteiger partial charge >= 0.3 is 0 Å². The molecule has 0 spiro atoms. The van der Waals surface area contributed by atoms with Crippen LogP contribution in [0.3, 0.4) is 0 Å². The molecule has 2 aromatic rings. The molecule has 0 heterocycles. The molecule has 4 heteroatoms. The third kappa shape index (κ3) is 5.35. The molecule has 2 aromatic carbocycles. The average molecular weight is 349 g/mol. The van der Waals surface area contributed by atoms with E-state index in [2.05, 4.69) is 24.3 Å². The molecule has 0 saturated heterocycles. The maximum absolute atomic E-state index is 12.2. The van der Waals surface area contributed by atoms with Gasteiger partial charge in [-0.1, -0.05) is 61.0 Å². The van der Waals surface area contributed by atoms with Crippen LogP contribution < -0.4 is 5.30 Å². The lowest BCUT2D eigenvalue weighted by Gasteiger charge is -2.15. The molecule has 23 heavy (non-hydrogen) atoms. The molecule has 0 saturated carbocycles. The lowest BCUT2D eigenvalue weighted by atomic mass is 10.1. The zero-order valence-electron chi connectivity index (χ0n) is 13.5. The van der Waals surface area contributed by atoms with Crippen LogP contribution in [0.2, 0.25) is 5.02 Å². The van der Waals surface area contributed by atoms with Gasteiger partial charge in [-0.2, -0.15) is 0 Å². The molecule has 0 fully saturated rings. The molecule has 122 valence electrons. The van der Waals surface area contributed by atoms with Crippen LogP contribution in [0.1, 0.15) is 25.3 Å². The van der Waals surface area contributed by atoms with Crippen molar-refractivity contribution < 1.29 is 9.09 Å². The number of allylic oxidation sites excluding steroid dienone is 2. The first-order chi connectivity index (χ1) is 11.1. The normalized spacial score (nSPS) is 15.4. The Morgan fingerprint density at radius 1 is 1.00 bits per heavy atom. The fourth-order valence-corrected chi connectivity index (χ4v) is 4.04. The van der Waals surface area contributed by atoms with Crippen molar-refractivity contribution in [2.45, 2.75) is 19.8 Å². The van der Waals surface area contributed by atoms with Gasteiger partial charge in [0.1, 0.15) is 0 Å². The summed E-state index contributed by atoms with van der Waals surface area (Å²) in [6.07, 6.45) is 4.90. The minimum atomic E-state index is -2.55. The van der Waals surface area contributed by atoms with E-state index in [9.17, 15) is 4.57 Å². The Labute approximate surface area is 143 Å². The van der Waals surface area contributed by atoms with Crippen LogP contribution in [-0.2, 0) is 9.09 Å². The van der Waals surface area contributed by atoms with Crippen molar-refractivity contribution in [3.05, 3.63) is 77.3 Å². The molecule has 0 radical (unpaired) electrons. The highest BCUT2D eigenvalue weighted by Crippen LogP contribution is 2.44. The summed E-state index contributed by atoms with van der Waals surface area (Å²) >= 11 is 5.72.